The van der Waals surface area contributed by atoms with Crippen LogP contribution in [-0.2, 0) is 24.4 Å². The number of nitrogens with one attached hydrogen (secondary N) is 8. The maximum Gasteiger partial charge on any atom is 0.387 e. The van der Waals surface area contributed by atoms with E-state index >= 15 is 0 Å². The minimum Gasteiger partial charge on any atom is -0.434 e. The van der Waals surface area contributed by atoms with Gasteiger partial charge in [-0.15, -0.1) is 0 Å². The Labute approximate surface area is 642 Å². The molecule has 0 spiro atoms. The Morgan fingerprint density at radius 3 is 1.35 bits per heavy atom. The molecule has 10 aromatic heterocycles. The molecular formula is C71H48Cl4F8N20O9. The number of anilines is 4. The lowest BCUT2D eigenvalue weighted by atomic mass is 10.1. The summed E-state index contributed by atoms with van der Waals surface area (Å²) in [5.74, 6) is -2.24. The van der Waals surface area contributed by atoms with E-state index in [1.165, 1.54) is 146 Å². The number of imidazole rings is 1. The summed E-state index contributed by atoms with van der Waals surface area (Å²) in [6.45, 7) is -11.4. The number of allylic oxidation sites excluding steroid dienone is 1. The fraction of sp³-hybridized carbons (Fsp3) is 0.0986. The molecule has 0 fully saturated rings. The highest BCUT2D eigenvalue weighted by molar-refractivity contribution is 6.32. The molecular weight excluding hydrogens is 1570 g/mol. The molecule has 4 amide bonds. The summed E-state index contributed by atoms with van der Waals surface area (Å²) in [7, 11) is 0. The van der Waals surface area contributed by atoms with Crippen molar-refractivity contribution >= 4 is 110 Å². The number of amides is 4. The van der Waals surface area contributed by atoms with Gasteiger partial charge in [-0.2, -0.15) is 60.6 Å². The molecule has 1 aliphatic heterocycles. The van der Waals surface area contributed by atoms with Crippen LogP contribution >= 0.6 is 46.4 Å². The topological polar surface area (TPSA) is 363 Å². The predicted molar refractivity (Wildman–Crippen MR) is 390 cm³/mol. The summed E-state index contributed by atoms with van der Waals surface area (Å²) >= 11 is 24.0. The number of pyridine rings is 2. The van der Waals surface area contributed by atoms with Crippen LogP contribution in [0.3, 0.4) is 0 Å². The highest BCUT2D eigenvalue weighted by Gasteiger charge is 2.27. The zero-order valence-electron chi connectivity index (χ0n) is 56.3. The van der Waals surface area contributed by atoms with Crippen molar-refractivity contribution in [3.63, 3.8) is 0 Å². The zero-order valence-corrected chi connectivity index (χ0v) is 59.4. The highest BCUT2D eigenvalue weighted by Crippen LogP contribution is 2.42. The van der Waals surface area contributed by atoms with Gasteiger partial charge in [0, 0.05) is 91.3 Å². The minimum atomic E-state index is -3.02. The Bertz CT molecular complexity index is 5650. The molecule has 0 atom stereocenters. The smallest absolute Gasteiger partial charge is 0.387 e. The molecule has 112 heavy (non-hydrogen) atoms. The molecule has 2 aliphatic rings. The number of nitrogens with zero attached hydrogens (tertiary/aromatic N) is 12. The maximum absolute atomic E-state index is 12.8. The largest absolute Gasteiger partial charge is 0.434 e. The molecule has 570 valence electrons. The molecule has 29 nitrogen and oxygen atoms in total. The van der Waals surface area contributed by atoms with Crippen molar-refractivity contribution in [1.29, 1.82) is 0 Å². The molecule has 8 N–H and O–H groups in total. The Morgan fingerprint density at radius 2 is 0.875 bits per heavy atom. The van der Waals surface area contributed by atoms with Gasteiger partial charge in [-0.05, 0) is 102 Å². The number of carbonyl (C=O) groups is 4. The normalized spacial score (nSPS) is 11.9. The monoisotopic (exact) mass is 1620 g/mol. The van der Waals surface area contributed by atoms with Gasteiger partial charge in [0.1, 0.15) is 40.6 Å². The van der Waals surface area contributed by atoms with E-state index in [0.717, 1.165) is 28.7 Å². The third kappa shape index (κ3) is 17.8. The Kier molecular flexibility index (Phi) is 23.6. The number of halogens is 12. The van der Waals surface area contributed by atoms with E-state index < -0.39 is 50.1 Å². The number of aromatic amines is 4. The number of aromatic nitrogens is 16. The zero-order chi connectivity index (χ0) is 78.7. The van der Waals surface area contributed by atoms with Crippen molar-refractivity contribution < 1.29 is 78.0 Å². The van der Waals surface area contributed by atoms with Gasteiger partial charge in [0.2, 0.25) is 0 Å². The van der Waals surface area contributed by atoms with E-state index in [1.54, 1.807) is 35.3 Å². The van der Waals surface area contributed by atoms with Crippen molar-refractivity contribution in [3.8, 4) is 68.0 Å². The van der Waals surface area contributed by atoms with E-state index in [9.17, 15) is 54.3 Å². The first-order valence-electron chi connectivity index (χ1n) is 32.2. The molecule has 0 saturated carbocycles. The van der Waals surface area contributed by atoms with E-state index in [4.69, 9.17) is 51.1 Å². The maximum atomic E-state index is 12.8. The Balaban J connectivity index is 0.000000131. The predicted octanol–water partition coefficient (Wildman–Crippen LogP) is 15.8. The highest BCUT2D eigenvalue weighted by atomic mass is 35.5. The molecule has 0 radical (unpaired) electrons. The van der Waals surface area contributed by atoms with Crippen LogP contribution in [0.15, 0.2) is 178 Å². The average molecular weight is 1620 g/mol. The number of ether oxygens (including phenoxy) is 5. The first-order valence-corrected chi connectivity index (χ1v) is 33.7. The van der Waals surface area contributed by atoms with Crippen LogP contribution in [0.1, 0.15) is 63.8 Å². The minimum absolute atomic E-state index is 0.0932. The molecule has 0 saturated heterocycles. The van der Waals surface area contributed by atoms with Crippen molar-refractivity contribution in [2.45, 2.75) is 46.1 Å². The van der Waals surface area contributed by atoms with E-state index in [0.29, 0.717) is 67.0 Å². The van der Waals surface area contributed by atoms with E-state index in [-0.39, 0.29) is 90.7 Å². The number of benzene rings is 4. The van der Waals surface area contributed by atoms with Crippen molar-refractivity contribution in [3.05, 3.63) is 243 Å². The number of alkyl halides is 8. The quantitative estimate of drug-likeness (QED) is 0.0329. The fourth-order valence-corrected chi connectivity index (χ4v) is 12.0. The molecule has 4 aromatic carbocycles. The Morgan fingerprint density at radius 1 is 0.455 bits per heavy atom. The van der Waals surface area contributed by atoms with Gasteiger partial charge in [-0.1, -0.05) is 58.6 Å². The summed E-state index contributed by atoms with van der Waals surface area (Å²) in [5, 5.41) is 42.4. The summed E-state index contributed by atoms with van der Waals surface area (Å²) in [4.78, 5) is 71.2. The van der Waals surface area contributed by atoms with E-state index in [2.05, 4.69) is 111 Å². The summed E-state index contributed by atoms with van der Waals surface area (Å²) in [6.07, 6.45) is 26.8. The molecule has 1 aliphatic carbocycles. The molecule has 16 rings (SSSR count). The molecule has 14 aromatic rings. The first kappa shape index (κ1) is 76.8. The second-order valence-electron chi connectivity index (χ2n) is 23.1. The lowest BCUT2D eigenvalue weighted by Crippen LogP contribution is -2.17. The number of H-pyrrole nitrogens is 4. The van der Waals surface area contributed by atoms with Gasteiger partial charge < -0.3 is 45.0 Å². The van der Waals surface area contributed by atoms with Gasteiger partial charge in [-0.25, -0.2) is 14.5 Å². The van der Waals surface area contributed by atoms with E-state index in [1.807, 2.05) is 12.2 Å². The molecule has 11 heterocycles. The molecule has 0 unspecified atom stereocenters. The van der Waals surface area contributed by atoms with Crippen LogP contribution < -0.4 is 40.2 Å². The SMILES string of the molecule is O=C(Nc1cn[nH]c1-c1cc(Cl)ccc1OC(F)F)c1cncc2c1C=CC2.O=C(Nc1cn[nH]c1-c1cc(Cl)ccc1OC(F)F)c1cncc2c1COC2.O=C(Nc1cn[nH]c1-c1cc(Cl)ccc1OC(F)F)c1cncc2ccnn12.O=C(Nc1cn[nH]c1-c1cc(Cl)ccc1OC(F)F)c1cncn2ccnc12. The summed E-state index contributed by atoms with van der Waals surface area (Å²) in [5.41, 5.74) is 8.73. The van der Waals surface area contributed by atoms with Crippen molar-refractivity contribution in [2.24, 2.45) is 0 Å². The lowest BCUT2D eigenvalue weighted by Gasteiger charge is -2.12. The van der Waals surface area contributed by atoms with Crippen LogP contribution in [0.5, 0.6) is 23.0 Å². The van der Waals surface area contributed by atoms with Gasteiger partial charge in [0.25, 0.3) is 23.6 Å². The fourth-order valence-electron chi connectivity index (χ4n) is 11.3. The van der Waals surface area contributed by atoms with Crippen LogP contribution in [0.4, 0.5) is 57.9 Å². The second kappa shape index (κ2) is 34.5. The summed E-state index contributed by atoms with van der Waals surface area (Å²) in [6, 6.07) is 18.4. The number of hydrogen-bond acceptors (Lipinski definition) is 19. The van der Waals surface area contributed by atoms with Crippen molar-refractivity contribution in [1.82, 2.24) is 79.7 Å². The number of carbonyl (C=O) groups excluding carboxylic acids is 4. The second-order valence-corrected chi connectivity index (χ2v) is 24.9. The lowest BCUT2D eigenvalue weighted by molar-refractivity contribution is -0.0501. The van der Waals surface area contributed by atoms with Crippen LogP contribution in [0.2, 0.25) is 20.1 Å². The number of rotatable bonds is 20. The molecule has 41 heteroatoms. The van der Waals surface area contributed by atoms with Crippen LogP contribution in [0.25, 0.3) is 62.3 Å². The average Bonchev–Trinajstić information content (AvgIpc) is 1.61. The van der Waals surface area contributed by atoms with Gasteiger partial charge in [-0.3, -0.25) is 58.9 Å². The van der Waals surface area contributed by atoms with Gasteiger partial charge >= 0.3 is 26.4 Å². The third-order valence-corrected chi connectivity index (χ3v) is 17.1. The van der Waals surface area contributed by atoms with Crippen LogP contribution in [0, 0.1) is 0 Å². The third-order valence-electron chi connectivity index (χ3n) is 16.2. The summed E-state index contributed by atoms with van der Waals surface area (Å²) < 4.78 is 128. The van der Waals surface area contributed by atoms with Gasteiger partial charge in [0.15, 0.2) is 5.65 Å². The molecule has 0 bridgehead atoms. The standard InChI is InChI=1S/C19H13ClF2N4O2.C18H13ClF2N4O3.2C17H11ClF2N6O2/c20-11-4-5-16(28-19(21)22)13(6-11)17-15(9-24-26-17)25-18(27)14-8-23-7-10-2-1-3-12(10)14;19-10-1-2-15(28-18(20)21)11(3-10)16-14(6-23-25-16)24-17(26)12-5-22-4-9-7-27-8-13(9)12;18-9-1-2-13(28-17(19)20)10(5-9)14-12(7-23-25-14)24-16(27)11-6-21-8-26-4-3-22-15(11)26;18-9-1-2-14(28-17(19)20)11(5-9)15-12(7-22-25-15)24-16(27)13-8-21-6-10-3-4-23-26(10)13/h1,3-9,19H,2H2,(H,24,26)(H,25,27);1-6,18H,7-8H2,(H,23,25)(H,24,26);1-8,17H,(H,23,25)(H,24,27);1-8,17H,(H,22,25)(H,24,27). The number of fused-ring (bicyclic) bond motifs is 4. The first-order chi connectivity index (χ1) is 54.1. The number of hydrogen-bond donors (Lipinski definition) is 8. The van der Waals surface area contributed by atoms with Crippen molar-refractivity contribution in [2.75, 3.05) is 21.3 Å². The Hall–Kier alpha value is -13.4. The van der Waals surface area contributed by atoms with Gasteiger partial charge in [0.05, 0.1) is 119 Å². The van der Waals surface area contributed by atoms with Crippen LogP contribution in [-0.4, -0.2) is 130 Å².